The van der Waals surface area contributed by atoms with Gasteiger partial charge < -0.3 is 14.5 Å². The molecule has 0 N–H and O–H groups in total. The van der Waals surface area contributed by atoms with Crippen molar-refractivity contribution in [2.75, 3.05) is 44.7 Å². The van der Waals surface area contributed by atoms with Crippen molar-refractivity contribution >= 4 is 5.69 Å². The summed E-state index contributed by atoms with van der Waals surface area (Å²) in [6.07, 6.45) is 8.56. The maximum Gasteiger partial charge on any atom is 0.119 e. The van der Waals surface area contributed by atoms with E-state index in [1.165, 1.54) is 70.4 Å². The van der Waals surface area contributed by atoms with Crippen LogP contribution in [0.3, 0.4) is 0 Å². The van der Waals surface area contributed by atoms with Gasteiger partial charge >= 0.3 is 0 Å². The van der Waals surface area contributed by atoms with E-state index in [4.69, 9.17) is 4.74 Å². The largest absolute Gasteiger partial charge is 0.497 e. The van der Waals surface area contributed by atoms with Gasteiger partial charge in [0.1, 0.15) is 5.75 Å². The SMILES string of the molecule is COc1ccc(N2CCCN(CC3CCCCC3)CC2)cc1. The lowest BCUT2D eigenvalue weighted by Gasteiger charge is -2.29. The highest BCUT2D eigenvalue weighted by atomic mass is 16.5. The predicted molar refractivity (Wildman–Crippen MR) is 92.8 cm³/mol. The van der Waals surface area contributed by atoms with Gasteiger partial charge in [0, 0.05) is 31.9 Å². The van der Waals surface area contributed by atoms with E-state index in [1.807, 2.05) is 0 Å². The molecule has 1 aliphatic carbocycles. The van der Waals surface area contributed by atoms with Gasteiger partial charge in [-0.05, 0) is 56.0 Å². The second kappa shape index (κ2) is 7.87. The third kappa shape index (κ3) is 4.16. The topological polar surface area (TPSA) is 15.7 Å². The van der Waals surface area contributed by atoms with Crippen molar-refractivity contribution in [1.29, 1.82) is 0 Å². The van der Waals surface area contributed by atoms with Gasteiger partial charge in [0.15, 0.2) is 0 Å². The van der Waals surface area contributed by atoms with Crippen molar-refractivity contribution in [2.24, 2.45) is 5.92 Å². The fourth-order valence-electron chi connectivity index (χ4n) is 3.94. The summed E-state index contributed by atoms with van der Waals surface area (Å²) in [5.74, 6) is 1.90. The second-order valence-electron chi connectivity index (χ2n) is 6.84. The molecule has 2 fully saturated rings. The normalized spacial score (nSPS) is 21.6. The third-order valence-electron chi connectivity index (χ3n) is 5.27. The van der Waals surface area contributed by atoms with Crippen LogP contribution in [0.5, 0.6) is 5.75 Å². The molecule has 22 heavy (non-hydrogen) atoms. The number of anilines is 1. The number of ether oxygens (including phenoxy) is 1. The standard InChI is InChI=1S/C19H30N2O/c1-22-19-10-8-18(9-11-19)21-13-5-12-20(14-15-21)16-17-6-3-2-4-7-17/h8-11,17H,2-7,12-16H2,1H3. The highest BCUT2D eigenvalue weighted by molar-refractivity contribution is 5.49. The van der Waals surface area contributed by atoms with Crippen LogP contribution in [0.1, 0.15) is 38.5 Å². The van der Waals surface area contributed by atoms with Crippen LogP contribution in [-0.2, 0) is 0 Å². The van der Waals surface area contributed by atoms with Crippen LogP contribution in [0.2, 0.25) is 0 Å². The molecule has 1 aromatic rings. The van der Waals surface area contributed by atoms with Gasteiger partial charge in [0.2, 0.25) is 0 Å². The number of benzene rings is 1. The fourth-order valence-corrected chi connectivity index (χ4v) is 3.94. The maximum absolute atomic E-state index is 5.26. The summed E-state index contributed by atoms with van der Waals surface area (Å²) in [5.41, 5.74) is 1.33. The van der Waals surface area contributed by atoms with Crippen molar-refractivity contribution in [1.82, 2.24) is 4.90 Å². The molecule has 0 unspecified atom stereocenters. The van der Waals surface area contributed by atoms with E-state index in [9.17, 15) is 0 Å². The first-order valence-corrected chi connectivity index (χ1v) is 8.96. The summed E-state index contributed by atoms with van der Waals surface area (Å²) in [5, 5.41) is 0. The van der Waals surface area contributed by atoms with Gasteiger partial charge in [0.25, 0.3) is 0 Å². The van der Waals surface area contributed by atoms with E-state index in [1.54, 1.807) is 7.11 Å². The Bertz CT molecular complexity index is 439. The van der Waals surface area contributed by atoms with Crippen LogP contribution in [0.15, 0.2) is 24.3 Å². The Morgan fingerprint density at radius 3 is 2.41 bits per heavy atom. The molecule has 0 amide bonds. The van der Waals surface area contributed by atoms with E-state index in [0.29, 0.717) is 0 Å². The number of rotatable bonds is 4. The zero-order valence-electron chi connectivity index (χ0n) is 14.0. The van der Waals surface area contributed by atoms with Gasteiger partial charge in [0.05, 0.1) is 7.11 Å². The molecule has 122 valence electrons. The Balaban J connectivity index is 1.52. The van der Waals surface area contributed by atoms with Crippen LogP contribution in [0, 0.1) is 5.92 Å². The minimum atomic E-state index is 0.942. The van der Waals surface area contributed by atoms with Crippen molar-refractivity contribution < 1.29 is 4.74 Å². The number of hydrogen-bond donors (Lipinski definition) is 0. The van der Waals surface area contributed by atoms with Crippen molar-refractivity contribution in [3.8, 4) is 5.75 Å². The van der Waals surface area contributed by atoms with Gasteiger partial charge in [-0.1, -0.05) is 19.3 Å². The van der Waals surface area contributed by atoms with Crippen LogP contribution in [0.25, 0.3) is 0 Å². The summed E-state index contributed by atoms with van der Waals surface area (Å²) >= 11 is 0. The van der Waals surface area contributed by atoms with Crippen molar-refractivity contribution in [3.63, 3.8) is 0 Å². The maximum atomic E-state index is 5.26. The lowest BCUT2D eigenvalue weighted by molar-refractivity contribution is 0.211. The molecule has 0 bridgehead atoms. The zero-order valence-corrected chi connectivity index (χ0v) is 14.0. The molecule has 3 rings (SSSR count). The number of hydrogen-bond acceptors (Lipinski definition) is 3. The Labute approximate surface area is 135 Å². The van der Waals surface area contributed by atoms with E-state index in [-0.39, 0.29) is 0 Å². The molecule has 3 nitrogen and oxygen atoms in total. The summed E-state index contributed by atoms with van der Waals surface area (Å²) in [6, 6.07) is 8.52. The molecule has 1 aromatic carbocycles. The van der Waals surface area contributed by atoms with Gasteiger partial charge in [-0.15, -0.1) is 0 Å². The van der Waals surface area contributed by atoms with Crippen LogP contribution in [0.4, 0.5) is 5.69 Å². The first-order chi connectivity index (χ1) is 10.8. The Morgan fingerprint density at radius 2 is 1.68 bits per heavy atom. The van der Waals surface area contributed by atoms with Crippen LogP contribution < -0.4 is 9.64 Å². The molecule has 0 spiro atoms. The molecular weight excluding hydrogens is 272 g/mol. The third-order valence-corrected chi connectivity index (χ3v) is 5.27. The van der Waals surface area contributed by atoms with E-state index >= 15 is 0 Å². The summed E-state index contributed by atoms with van der Waals surface area (Å²) in [4.78, 5) is 5.24. The Hall–Kier alpha value is -1.22. The molecule has 3 heteroatoms. The lowest BCUT2D eigenvalue weighted by Crippen LogP contribution is -2.34. The average Bonchev–Trinajstić information content (AvgIpc) is 2.82. The summed E-state index contributed by atoms with van der Waals surface area (Å²) < 4.78 is 5.26. The Kier molecular flexibility index (Phi) is 5.60. The molecule has 0 atom stereocenters. The quantitative estimate of drug-likeness (QED) is 0.841. The molecule has 0 radical (unpaired) electrons. The first-order valence-electron chi connectivity index (χ1n) is 8.96. The predicted octanol–water partition coefficient (Wildman–Crippen LogP) is 3.79. The first kappa shape index (κ1) is 15.7. The van der Waals surface area contributed by atoms with Crippen molar-refractivity contribution in [2.45, 2.75) is 38.5 Å². The fraction of sp³-hybridized carbons (Fsp3) is 0.684. The lowest BCUT2D eigenvalue weighted by atomic mass is 9.89. The molecule has 2 aliphatic rings. The van der Waals surface area contributed by atoms with Gasteiger partial charge in [-0.2, -0.15) is 0 Å². The number of nitrogens with zero attached hydrogens (tertiary/aromatic N) is 2. The van der Waals surface area contributed by atoms with Crippen molar-refractivity contribution in [3.05, 3.63) is 24.3 Å². The molecule has 1 saturated carbocycles. The summed E-state index contributed by atoms with van der Waals surface area (Å²) in [6.45, 7) is 6.13. The molecule has 1 aliphatic heterocycles. The van der Waals surface area contributed by atoms with E-state index < -0.39 is 0 Å². The van der Waals surface area contributed by atoms with Gasteiger partial charge in [-0.25, -0.2) is 0 Å². The summed E-state index contributed by atoms with van der Waals surface area (Å²) in [7, 11) is 1.73. The second-order valence-corrected chi connectivity index (χ2v) is 6.84. The van der Waals surface area contributed by atoms with Gasteiger partial charge in [-0.3, -0.25) is 0 Å². The molecule has 1 heterocycles. The Morgan fingerprint density at radius 1 is 0.909 bits per heavy atom. The smallest absolute Gasteiger partial charge is 0.119 e. The average molecular weight is 302 g/mol. The zero-order chi connectivity index (χ0) is 15.2. The van der Waals surface area contributed by atoms with Crippen LogP contribution >= 0.6 is 0 Å². The number of methoxy groups -OCH3 is 1. The highest BCUT2D eigenvalue weighted by Gasteiger charge is 2.20. The van der Waals surface area contributed by atoms with Crippen LogP contribution in [-0.4, -0.2) is 44.7 Å². The molecule has 0 aromatic heterocycles. The molecule has 1 saturated heterocycles. The molecular formula is C19H30N2O. The highest BCUT2D eigenvalue weighted by Crippen LogP contribution is 2.25. The van der Waals surface area contributed by atoms with E-state index in [0.717, 1.165) is 18.2 Å². The van der Waals surface area contributed by atoms with E-state index in [2.05, 4.69) is 34.1 Å². The monoisotopic (exact) mass is 302 g/mol. The minimum Gasteiger partial charge on any atom is -0.497 e. The minimum absolute atomic E-state index is 0.942.